The van der Waals surface area contributed by atoms with E-state index >= 15 is 0 Å². The molecule has 0 spiro atoms. The van der Waals surface area contributed by atoms with Crippen molar-refractivity contribution in [3.8, 4) is 0 Å². The lowest BCUT2D eigenvalue weighted by molar-refractivity contribution is -0.117. The zero-order chi connectivity index (χ0) is 25.1. The Labute approximate surface area is 194 Å². The molecular weight excluding hydrogens is 492 g/mol. The number of amides is 1. The lowest BCUT2D eigenvalue weighted by Gasteiger charge is -2.13. The summed E-state index contributed by atoms with van der Waals surface area (Å²) in [6.45, 7) is 0.771. The SMILES string of the molecule is CC1=NN(c2ccc(S(=O)(=O)CCOS(=O)(=O)O)cc2)C(=O)C1N=Nc1ccccc1C(=O)O. The van der Waals surface area contributed by atoms with Gasteiger partial charge in [-0.25, -0.2) is 17.4 Å². The highest BCUT2D eigenvalue weighted by Gasteiger charge is 2.35. The molecule has 0 saturated carbocycles. The molecular formula is C19H18N4O9S2. The summed E-state index contributed by atoms with van der Waals surface area (Å²) >= 11 is 0. The van der Waals surface area contributed by atoms with E-state index in [-0.39, 0.29) is 21.8 Å². The molecule has 1 amide bonds. The highest BCUT2D eigenvalue weighted by atomic mass is 32.3. The molecule has 2 aromatic rings. The van der Waals surface area contributed by atoms with Crippen molar-refractivity contribution in [3.63, 3.8) is 0 Å². The zero-order valence-corrected chi connectivity index (χ0v) is 19.1. The van der Waals surface area contributed by atoms with Crippen LogP contribution in [0.2, 0.25) is 0 Å². The molecule has 15 heteroatoms. The van der Waals surface area contributed by atoms with Crippen LogP contribution in [0, 0.1) is 0 Å². The van der Waals surface area contributed by atoms with E-state index in [0.29, 0.717) is 5.71 Å². The fourth-order valence-corrected chi connectivity index (χ4v) is 4.39. The summed E-state index contributed by atoms with van der Waals surface area (Å²) in [4.78, 5) is 23.9. The van der Waals surface area contributed by atoms with Crippen LogP contribution < -0.4 is 5.01 Å². The first kappa shape index (κ1) is 25.1. The normalized spacial score (nSPS) is 16.8. The number of anilines is 1. The smallest absolute Gasteiger partial charge is 0.397 e. The Morgan fingerprint density at radius 2 is 1.76 bits per heavy atom. The fourth-order valence-electron chi connectivity index (χ4n) is 2.90. The molecule has 13 nitrogen and oxygen atoms in total. The largest absolute Gasteiger partial charge is 0.478 e. The van der Waals surface area contributed by atoms with Crippen molar-refractivity contribution in [3.05, 3.63) is 54.1 Å². The highest BCUT2D eigenvalue weighted by Crippen LogP contribution is 2.26. The maximum atomic E-state index is 12.8. The number of carboxylic acids is 1. The van der Waals surface area contributed by atoms with Crippen LogP contribution >= 0.6 is 0 Å². The molecule has 180 valence electrons. The molecule has 0 saturated heterocycles. The number of carbonyl (C=O) groups is 2. The third-order valence-electron chi connectivity index (χ3n) is 4.54. The number of benzene rings is 2. The van der Waals surface area contributed by atoms with Crippen LogP contribution in [0.15, 0.2) is 68.8 Å². The van der Waals surface area contributed by atoms with Gasteiger partial charge in [-0.1, -0.05) is 12.1 Å². The van der Waals surface area contributed by atoms with E-state index in [0.717, 1.165) is 5.01 Å². The lowest BCUT2D eigenvalue weighted by Crippen LogP contribution is -2.29. The van der Waals surface area contributed by atoms with Crippen molar-refractivity contribution in [2.75, 3.05) is 17.4 Å². The molecule has 1 heterocycles. The third-order valence-corrected chi connectivity index (χ3v) is 6.70. The third kappa shape index (κ3) is 5.88. The summed E-state index contributed by atoms with van der Waals surface area (Å²) in [5.74, 6) is -2.48. The first-order chi connectivity index (χ1) is 15.9. The van der Waals surface area contributed by atoms with Gasteiger partial charge in [0.25, 0.3) is 5.91 Å². The standard InChI is InChI=1S/C19H18N4O9S2/c1-12-17(21-20-16-5-3-2-4-15(16)19(25)26)18(24)23(22-12)13-6-8-14(9-7-13)33(27,28)11-10-32-34(29,30)31/h2-9,17H,10-11H2,1H3,(H,25,26)(H,29,30,31). The molecule has 1 aliphatic heterocycles. The van der Waals surface area contributed by atoms with Crippen molar-refractivity contribution in [1.29, 1.82) is 0 Å². The lowest BCUT2D eigenvalue weighted by atomic mass is 10.2. The monoisotopic (exact) mass is 510 g/mol. The van der Waals surface area contributed by atoms with E-state index in [9.17, 15) is 31.5 Å². The van der Waals surface area contributed by atoms with Gasteiger partial charge in [-0.3, -0.25) is 9.35 Å². The maximum absolute atomic E-state index is 12.8. The molecule has 34 heavy (non-hydrogen) atoms. The summed E-state index contributed by atoms with van der Waals surface area (Å²) in [7, 11) is -8.69. The molecule has 1 unspecified atom stereocenters. The average molecular weight is 511 g/mol. The van der Waals surface area contributed by atoms with Crippen LogP contribution in [0.4, 0.5) is 11.4 Å². The molecule has 0 fully saturated rings. The number of carboxylic acid groups (broad SMARTS) is 1. The predicted molar refractivity (Wildman–Crippen MR) is 118 cm³/mol. The minimum atomic E-state index is -4.76. The second-order valence-electron chi connectivity index (χ2n) is 6.89. The summed E-state index contributed by atoms with van der Waals surface area (Å²) in [6.07, 6.45) is 0. The van der Waals surface area contributed by atoms with Crippen LogP contribution in [0.3, 0.4) is 0 Å². The van der Waals surface area contributed by atoms with Crippen molar-refractivity contribution in [2.45, 2.75) is 17.9 Å². The van der Waals surface area contributed by atoms with Crippen molar-refractivity contribution in [1.82, 2.24) is 0 Å². The maximum Gasteiger partial charge on any atom is 0.397 e. The van der Waals surface area contributed by atoms with E-state index in [4.69, 9.17) is 4.55 Å². The second kappa shape index (κ2) is 9.76. The van der Waals surface area contributed by atoms with Gasteiger partial charge in [0.15, 0.2) is 15.9 Å². The second-order valence-corrected chi connectivity index (χ2v) is 10.1. The van der Waals surface area contributed by atoms with Crippen LogP contribution in [0.25, 0.3) is 0 Å². The Bertz CT molecular complexity index is 1390. The van der Waals surface area contributed by atoms with Crippen molar-refractivity contribution < 1.29 is 40.3 Å². The number of rotatable bonds is 9. The number of hydrazone groups is 1. The van der Waals surface area contributed by atoms with E-state index in [1.165, 1.54) is 42.5 Å². The summed E-state index contributed by atoms with van der Waals surface area (Å²) in [5.41, 5.74) is 0.519. The molecule has 2 aromatic carbocycles. The van der Waals surface area contributed by atoms with Crippen LogP contribution in [0.1, 0.15) is 17.3 Å². The number of nitrogens with zero attached hydrogens (tertiary/aromatic N) is 4. The Morgan fingerprint density at radius 3 is 2.38 bits per heavy atom. The predicted octanol–water partition coefficient (Wildman–Crippen LogP) is 1.85. The van der Waals surface area contributed by atoms with Gasteiger partial charge >= 0.3 is 16.4 Å². The van der Waals surface area contributed by atoms with Crippen LogP contribution in [0.5, 0.6) is 0 Å². The topological polar surface area (TPSA) is 192 Å². The van der Waals surface area contributed by atoms with Crippen molar-refractivity contribution in [2.24, 2.45) is 15.3 Å². The van der Waals surface area contributed by atoms with Gasteiger partial charge in [0.1, 0.15) is 0 Å². The van der Waals surface area contributed by atoms with E-state index in [1.54, 1.807) is 13.0 Å². The molecule has 1 aliphatic rings. The zero-order valence-electron chi connectivity index (χ0n) is 17.5. The minimum Gasteiger partial charge on any atom is -0.478 e. The molecule has 0 radical (unpaired) electrons. The van der Waals surface area contributed by atoms with E-state index < -0.39 is 50.5 Å². The van der Waals surface area contributed by atoms with Gasteiger partial charge in [-0.2, -0.15) is 28.8 Å². The Kier molecular flexibility index (Phi) is 7.21. The number of azo groups is 1. The highest BCUT2D eigenvalue weighted by molar-refractivity contribution is 7.91. The molecule has 0 aliphatic carbocycles. The van der Waals surface area contributed by atoms with Crippen LogP contribution in [-0.2, 0) is 29.2 Å². The van der Waals surface area contributed by atoms with Gasteiger partial charge in [0, 0.05) is 0 Å². The van der Waals surface area contributed by atoms with Crippen LogP contribution in [-0.4, -0.2) is 62.5 Å². The van der Waals surface area contributed by atoms with E-state index in [1.807, 2.05) is 0 Å². The molecule has 0 aromatic heterocycles. The summed E-state index contributed by atoms with van der Waals surface area (Å²) < 4.78 is 58.2. The Morgan fingerprint density at radius 1 is 1.12 bits per heavy atom. The Hall–Kier alpha value is -3.53. The average Bonchev–Trinajstić information content (AvgIpc) is 3.04. The number of carbonyl (C=O) groups excluding carboxylic acids is 1. The molecule has 1 atom stereocenters. The number of hydrogen-bond acceptors (Lipinski definition) is 10. The fraction of sp³-hybridized carbons (Fsp3) is 0.211. The quantitative estimate of drug-likeness (QED) is 0.374. The van der Waals surface area contributed by atoms with Gasteiger partial charge in [-0.05, 0) is 43.3 Å². The summed E-state index contributed by atoms with van der Waals surface area (Å²) in [6, 6.07) is 9.86. The van der Waals surface area contributed by atoms with Gasteiger partial charge < -0.3 is 5.11 Å². The number of aromatic carboxylic acids is 1. The first-order valence-electron chi connectivity index (χ1n) is 9.46. The number of hydrogen-bond donors (Lipinski definition) is 2. The minimum absolute atomic E-state index is 0.0709. The summed E-state index contributed by atoms with van der Waals surface area (Å²) in [5, 5.41) is 22.2. The van der Waals surface area contributed by atoms with Crippen molar-refractivity contribution >= 4 is 49.2 Å². The molecule has 0 bridgehead atoms. The molecule has 2 N–H and O–H groups in total. The van der Waals surface area contributed by atoms with E-state index in [2.05, 4.69) is 19.5 Å². The van der Waals surface area contributed by atoms with Gasteiger partial charge in [0.05, 0.1) is 39.9 Å². The number of sulfone groups is 1. The Balaban J connectivity index is 1.74. The van der Waals surface area contributed by atoms with Gasteiger partial charge in [0.2, 0.25) is 0 Å². The van der Waals surface area contributed by atoms with Gasteiger partial charge in [-0.15, -0.1) is 0 Å². The molecule has 3 rings (SSSR count). The first-order valence-corrected chi connectivity index (χ1v) is 12.5.